The minimum absolute atomic E-state index is 0.473. The first-order valence-corrected chi connectivity index (χ1v) is 2.97. The van der Waals surface area contributed by atoms with Crippen LogP contribution in [0.15, 0.2) is 24.3 Å². The van der Waals surface area contributed by atoms with Crippen LogP contribution in [0.2, 0.25) is 0 Å². The molecule has 0 amide bonds. The highest BCUT2D eigenvalue weighted by molar-refractivity contribution is 6.46. The van der Waals surface area contributed by atoms with Crippen molar-refractivity contribution in [1.29, 1.82) is 0 Å². The van der Waals surface area contributed by atoms with Gasteiger partial charge < -0.3 is 4.32 Å². The maximum Gasteiger partial charge on any atom is 0.364 e. The summed E-state index contributed by atoms with van der Waals surface area (Å²) in [5, 5.41) is 0. The average molecular weight is 136 g/mol. The fourth-order valence-electron chi connectivity index (χ4n) is 0.685. The Kier molecular flexibility index (Phi) is 2.21. The number of benzene rings is 1. The van der Waals surface area contributed by atoms with E-state index in [1.54, 1.807) is 24.3 Å². The molecule has 0 saturated carbocycles. The standard InChI is InChI=1S/C7H6BFO/c9-8-7-3-1-6(5-10)2-4-7/h1-5,8H. The van der Waals surface area contributed by atoms with Crippen molar-refractivity contribution in [2.45, 2.75) is 0 Å². The number of hydrogen-bond donors (Lipinski definition) is 0. The SMILES string of the molecule is O=Cc1ccc(BF)cc1. The van der Waals surface area contributed by atoms with E-state index in [2.05, 4.69) is 0 Å². The van der Waals surface area contributed by atoms with Gasteiger partial charge >= 0.3 is 7.56 Å². The molecule has 10 heavy (non-hydrogen) atoms. The van der Waals surface area contributed by atoms with Crippen molar-refractivity contribution in [2.75, 3.05) is 0 Å². The maximum absolute atomic E-state index is 11.9. The molecule has 0 radical (unpaired) electrons. The Morgan fingerprint density at radius 3 is 2.30 bits per heavy atom. The van der Waals surface area contributed by atoms with Crippen LogP contribution in [0.3, 0.4) is 0 Å². The molecule has 0 bridgehead atoms. The zero-order chi connectivity index (χ0) is 7.40. The van der Waals surface area contributed by atoms with Gasteiger partial charge in [-0.25, -0.2) is 0 Å². The van der Waals surface area contributed by atoms with Crippen molar-refractivity contribution >= 4 is 19.3 Å². The lowest BCUT2D eigenvalue weighted by atomic mass is 9.91. The largest absolute Gasteiger partial charge is 0.364 e. The van der Waals surface area contributed by atoms with E-state index in [9.17, 15) is 9.11 Å². The molecule has 0 spiro atoms. The molecule has 1 rings (SSSR count). The molecule has 1 aromatic rings. The van der Waals surface area contributed by atoms with Gasteiger partial charge in [0.2, 0.25) is 0 Å². The zero-order valence-electron chi connectivity index (χ0n) is 5.38. The second kappa shape index (κ2) is 3.15. The highest BCUT2D eigenvalue weighted by Crippen LogP contribution is 1.90. The quantitative estimate of drug-likeness (QED) is 0.426. The highest BCUT2D eigenvalue weighted by atomic mass is 19.1. The number of rotatable bonds is 2. The van der Waals surface area contributed by atoms with E-state index in [0.29, 0.717) is 11.0 Å². The van der Waals surface area contributed by atoms with Gasteiger partial charge in [0.25, 0.3) is 0 Å². The molecule has 0 saturated heterocycles. The number of hydrogen-bond acceptors (Lipinski definition) is 1. The van der Waals surface area contributed by atoms with E-state index in [4.69, 9.17) is 0 Å². The predicted molar refractivity (Wildman–Crippen MR) is 39.7 cm³/mol. The third-order valence-corrected chi connectivity index (χ3v) is 1.27. The first-order chi connectivity index (χ1) is 4.86. The fraction of sp³-hybridized carbons (Fsp3) is 0. The van der Waals surface area contributed by atoms with Gasteiger partial charge in [0.1, 0.15) is 6.29 Å². The van der Waals surface area contributed by atoms with Crippen LogP contribution in [0, 0.1) is 0 Å². The van der Waals surface area contributed by atoms with E-state index in [-0.39, 0.29) is 0 Å². The Bertz CT molecular complexity index is 220. The smallest absolute Gasteiger partial charge is 0.335 e. The molecular weight excluding hydrogens is 130 g/mol. The predicted octanol–water partition coefficient (Wildman–Crippen LogP) is 0.445. The van der Waals surface area contributed by atoms with Crippen LogP contribution in [0.4, 0.5) is 4.32 Å². The van der Waals surface area contributed by atoms with Gasteiger partial charge in [-0.1, -0.05) is 24.3 Å². The summed E-state index contributed by atoms with van der Waals surface area (Å²) in [5.41, 5.74) is 1.18. The average Bonchev–Trinajstić information content (AvgIpc) is 2.05. The molecule has 0 atom stereocenters. The molecule has 0 unspecified atom stereocenters. The van der Waals surface area contributed by atoms with Crippen LogP contribution in [0.5, 0.6) is 0 Å². The Morgan fingerprint density at radius 2 is 1.90 bits per heavy atom. The summed E-state index contributed by atoms with van der Waals surface area (Å²) < 4.78 is 11.9. The molecule has 0 N–H and O–H groups in total. The lowest BCUT2D eigenvalue weighted by molar-refractivity contribution is 0.112. The number of halogens is 1. The second-order valence-corrected chi connectivity index (χ2v) is 1.99. The highest BCUT2D eigenvalue weighted by Gasteiger charge is 1.92. The van der Waals surface area contributed by atoms with Crippen LogP contribution in [0.1, 0.15) is 10.4 Å². The van der Waals surface area contributed by atoms with Crippen molar-refractivity contribution in [3.63, 3.8) is 0 Å². The molecule has 0 aliphatic rings. The van der Waals surface area contributed by atoms with Gasteiger partial charge in [0.15, 0.2) is 0 Å². The molecule has 0 fully saturated rings. The number of carbonyl (C=O) groups excluding carboxylic acids is 1. The number of aldehydes is 1. The fourth-order valence-corrected chi connectivity index (χ4v) is 0.685. The lowest BCUT2D eigenvalue weighted by Gasteiger charge is -1.90. The van der Waals surface area contributed by atoms with Crippen molar-refractivity contribution in [3.8, 4) is 0 Å². The second-order valence-electron chi connectivity index (χ2n) is 1.99. The van der Waals surface area contributed by atoms with Crippen molar-refractivity contribution < 1.29 is 9.11 Å². The van der Waals surface area contributed by atoms with E-state index in [1.165, 1.54) is 0 Å². The van der Waals surface area contributed by atoms with Gasteiger partial charge in [-0.15, -0.1) is 0 Å². The Hall–Kier alpha value is -1.12. The Morgan fingerprint density at radius 1 is 1.30 bits per heavy atom. The third kappa shape index (κ3) is 1.44. The minimum atomic E-state index is -0.473. The van der Waals surface area contributed by atoms with Crippen LogP contribution in [-0.2, 0) is 0 Å². The summed E-state index contributed by atoms with van der Waals surface area (Å²) in [4.78, 5) is 10.1. The molecule has 0 aliphatic heterocycles. The normalized spacial score (nSPS) is 8.90. The van der Waals surface area contributed by atoms with Crippen molar-refractivity contribution in [2.24, 2.45) is 0 Å². The first kappa shape index (κ1) is 7.00. The third-order valence-electron chi connectivity index (χ3n) is 1.27. The molecule has 0 aliphatic carbocycles. The minimum Gasteiger partial charge on any atom is -0.335 e. The summed E-state index contributed by atoms with van der Waals surface area (Å²) in [6.45, 7) is 0. The first-order valence-electron chi connectivity index (χ1n) is 2.97. The molecule has 0 aromatic heterocycles. The summed E-state index contributed by atoms with van der Waals surface area (Å²) >= 11 is 0. The summed E-state index contributed by atoms with van der Waals surface area (Å²) in [5.74, 6) is 0. The van der Waals surface area contributed by atoms with Crippen molar-refractivity contribution in [3.05, 3.63) is 29.8 Å². The van der Waals surface area contributed by atoms with Gasteiger partial charge in [-0.05, 0) is 5.46 Å². The summed E-state index contributed by atoms with van der Waals surface area (Å²) in [6, 6.07) is 6.40. The van der Waals surface area contributed by atoms with Gasteiger partial charge in [-0.2, -0.15) is 0 Å². The lowest BCUT2D eigenvalue weighted by Crippen LogP contribution is -2.08. The Labute approximate surface area is 59.2 Å². The monoisotopic (exact) mass is 136 g/mol. The topological polar surface area (TPSA) is 17.1 Å². The van der Waals surface area contributed by atoms with Crippen LogP contribution in [-0.4, -0.2) is 13.8 Å². The molecular formula is C7H6BFO. The molecule has 1 aromatic carbocycles. The Balaban J connectivity index is 2.90. The summed E-state index contributed by atoms with van der Waals surface area (Å²) in [7, 11) is -0.473. The van der Waals surface area contributed by atoms with E-state index < -0.39 is 7.56 Å². The van der Waals surface area contributed by atoms with E-state index >= 15 is 0 Å². The van der Waals surface area contributed by atoms with Crippen LogP contribution in [0.25, 0.3) is 0 Å². The van der Waals surface area contributed by atoms with Crippen LogP contribution >= 0.6 is 0 Å². The summed E-state index contributed by atoms with van der Waals surface area (Å²) in [6.07, 6.45) is 0.738. The van der Waals surface area contributed by atoms with Gasteiger partial charge in [0, 0.05) is 5.56 Å². The number of carbonyl (C=O) groups is 1. The van der Waals surface area contributed by atoms with Crippen molar-refractivity contribution in [1.82, 2.24) is 0 Å². The van der Waals surface area contributed by atoms with Gasteiger partial charge in [-0.3, -0.25) is 4.79 Å². The van der Waals surface area contributed by atoms with Gasteiger partial charge in [0.05, 0.1) is 0 Å². The van der Waals surface area contributed by atoms with Crippen LogP contribution < -0.4 is 5.46 Å². The molecule has 3 heteroatoms. The zero-order valence-corrected chi connectivity index (χ0v) is 5.38. The molecule has 50 valence electrons. The van der Waals surface area contributed by atoms with E-state index in [1.807, 2.05) is 0 Å². The molecule has 1 nitrogen and oxygen atoms in total. The van der Waals surface area contributed by atoms with E-state index in [0.717, 1.165) is 6.29 Å². The molecule has 0 heterocycles. The maximum atomic E-state index is 11.9.